The molecule has 2 aromatic rings. The number of aromatic nitrogens is 1. The summed E-state index contributed by atoms with van der Waals surface area (Å²) in [6.45, 7) is 3.44. The van der Waals surface area contributed by atoms with E-state index in [1.54, 1.807) is 31.5 Å². The lowest BCUT2D eigenvalue weighted by molar-refractivity contribution is 0.103. The molecule has 88 valence electrons. The molecule has 0 spiro atoms. The molecule has 1 aromatic heterocycles. The number of halogens is 1. The Kier molecular flexibility index (Phi) is 3.19. The van der Waals surface area contributed by atoms with Gasteiger partial charge in [0.15, 0.2) is 0 Å². The maximum Gasteiger partial charge on any atom is 0.267 e. The molecule has 0 radical (unpaired) electrons. The highest BCUT2D eigenvalue weighted by Crippen LogP contribution is 2.17. The van der Waals surface area contributed by atoms with Crippen LogP contribution in [0.5, 0.6) is 0 Å². The Bertz CT molecular complexity index is 565. The second-order valence-electron chi connectivity index (χ2n) is 3.68. The fourth-order valence-electron chi connectivity index (χ4n) is 1.38. The summed E-state index contributed by atoms with van der Waals surface area (Å²) in [6, 6.07) is 4.61. The average Bonchev–Trinajstić information content (AvgIpc) is 2.70. The van der Waals surface area contributed by atoms with Crippen molar-refractivity contribution >= 4 is 22.9 Å². The average molecular weight is 250 g/mol. The van der Waals surface area contributed by atoms with Crippen molar-refractivity contribution < 1.29 is 9.18 Å². The van der Waals surface area contributed by atoms with Crippen LogP contribution in [0.1, 0.15) is 20.9 Å². The van der Waals surface area contributed by atoms with Crippen LogP contribution >= 0.6 is 11.3 Å². The number of rotatable bonds is 2. The summed E-state index contributed by atoms with van der Waals surface area (Å²) in [5, 5.41) is 2.64. The predicted molar refractivity (Wildman–Crippen MR) is 65.9 cm³/mol. The molecular formula is C12H11FN2OS. The van der Waals surface area contributed by atoms with Gasteiger partial charge in [0, 0.05) is 5.69 Å². The first kappa shape index (κ1) is 11.7. The van der Waals surface area contributed by atoms with Crippen LogP contribution in [0.3, 0.4) is 0 Å². The summed E-state index contributed by atoms with van der Waals surface area (Å²) >= 11 is 1.27. The summed E-state index contributed by atoms with van der Waals surface area (Å²) in [5.41, 5.74) is 3.29. The summed E-state index contributed by atoms with van der Waals surface area (Å²) < 4.78 is 13.3. The van der Waals surface area contributed by atoms with E-state index in [0.717, 1.165) is 0 Å². The summed E-state index contributed by atoms with van der Waals surface area (Å²) in [7, 11) is 0. The molecule has 3 nitrogen and oxygen atoms in total. The molecule has 0 aliphatic heterocycles. The Morgan fingerprint density at radius 1 is 1.41 bits per heavy atom. The van der Waals surface area contributed by atoms with E-state index < -0.39 is 0 Å². The van der Waals surface area contributed by atoms with Crippen LogP contribution in [0.2, 0.25) is 0 Å². The maximum atomic E-state index is 13.3. The molecule has 0 saturated carbocycles. The van der Waals surface area contributed by atoms with Gasteiger partial charge in [-0.3, -0.25) is 4.79 Å². The van der Waals surface area contributed by atoms with Crippen LogP contribution in [0.15, 0.2) is 23.7 Å². The summed E-state index contributed by atoms with van der Waals surface area (Å²) in [5.74, 6) is -0.586. The molecule has 0 atom stereocenters. The molecule has 0 bridgehead atoms. The fraction of sp³-hybridized carbons (Fsp3) is 0.167. The Hall–Kier alpha value is -1.75. The van der Waals surface area contributed by atoms with Gasteiger partial charge in [-0.05, 0) is 31.5 Å². The van der Waals surface area contributed by atoms with Gasteiger partial charge in [-0.25, -0.2) is 9.37 Å². The Morgan fingerprint density at radius 3 is 2.76 bits per heavy atom. The van der Waals surface area contributed by atoms with Crippen molar-refractivity contribution in [1.82, 2.24) is 4.98 Å². The van der Waals surface area contributed by atoms with Crippen LogP contribution in [0.4, 0.5) is 10.1 Å². The SMILES string of the molecule is Cc1ccc(NC(=O)c2scnc2C)cc1F. The summed E-state index contributed by atoms with van der Waals surface area (Å²) in [4.78, 5) is 16.4. The minimum atomic E-state index is -0.330. The first-order valence-corrected chi connectivity index (χ1v) is 5.93. The second-order valence-corrected chi connectivity index (χ2v) is 4.54. The number of carbonyl (C=O) groups excluding carboxylic acids is 1. The molecule has 0 unspecified atom stereocenters. The van der Waals surface area contributed by atoms with Crippen molar-refractivity contribution in [3.8, 4) is 0 Å². The third-order valence-corrected chi connectivity index (χ3v) is 3.31. The highest BCUT2D eigenvalue weighted by molar-refractivity contribution is 7.12. The van der Waals surface area contributed by atoms with Gasteiger partial charge < -0.3 is 5.32 Å². The molecule has 1 heterocycles. The Balaban J connectivity index is 2.19. The first-order chi connectivity index (χ1) is 8.08. The van der Waals surface area contributed by atoms with E-state index in [1.165, 1.54) is 17.4 Å². The van der Waals surface area contributed by atoms with Crippen molar-refractivity contribution in [3.05, 3.63) is 45.7 Å². The minimum Gasteiger partial charge on any atom is -0.321 e. The fourth-order valence-corrected chi connectivity index (χ4v) is 2.08. The van der Waals surface area contributed by atoms with Gasteiger partial charge in [-0.1, -0.05) is 6.07 Å². The highest BCUT2D eigenvalue weighted by atomic mass is 32.1. The third kappa shape index (κ3) is 2.50. The second kappa shape index (κ2) is 4.63. The molecule has 1 aromatic carbocycles. The number of nitrogens with one attached hydrogen (secondary N) is 1. The molecule has 0 aliphatic rings. The first-order valence-electron chi connectivity index (χ1n) is 5.05. The molecule has 1 N–H and O–H groups in total. The number of carbonyl (C=O) groups is 1. The number of hydrogen-bond acceptors (Lipinski definition) is 3. The van der Waals surface area contributed by atoms with Crippen molar-refractivity contribution in [2.75, 3.05) is 5.32 Å². The van der Waals surface area contributed by atoms with Gasteiger partial charge in [0.2, 0.25) is 0 Å². The van der Waals surface area contributed by atoms with Crippen molar-refractivity contribution in [1.29, 1.82) is 0 Å². The smallest absolute Gasteiger partial charge is 0.267 e. The van der Waals surface area contributed by atoms with E-state index in [0.29, 0.717) is 21.8 Å². The van der Waals surface area contributed by atoms with E-state index in [2.05, 4.69) is 10.3 Å². The third-order valence-electron chi connectivity index (χ3n) is 2.38. The van der Waals surface area contributed by atoms with E-state index in [1.807, 2.05) is 0 Å². The monoisotopic (exact) mass is 250 g/mol. The minimum absolute atomic E-state index is 0.256. The van der Waals surface area contributed by atoms with Crippen LogP contribution in [0, 0.1) is 19.7 Å². The molecule has 1 amide bonds. The molecule has 5 heteroatoms. The molecule has 0 saturated heterocycles. The van der Waals surface area contributed by atoms with Gasteiger partial charge in [-0.15, -0.1) is 11.3 Å². The van der Waals surface area contributed by atoms with Crippen molar-refractivity contribution in [2.45, 2.75) is 13.8 Å². The van der Waals surface area contributed by atoms with Gasteiger partial charge >= 0.3 is 0 Å². The van der Waals surface area contributed by atoms with Gasteiger partial charge in [0.25, 0.3) is 5.91 Å². The van der Waals surface area contributed by atoms with E-state index >= 15 is 0 Å². The van der Waals surface area contributed by atoms with Crippen LogP contribution in [0.25, 0.3) is 0 Å². The molecule has 2 rings (SSSR count). The van der Waals surface area contributed by atoms with E-state index in [4.69, 9.17) is 0 Å². The lowest BCUT2D eigenvalue weighted by atomic mass is 10.2. The van der Waals surface area contributed by atoms with E-state index in [-0.39, 0.29) is 11.7 Å². The number of nitrogens with zero attached hydrogens (tertiary/aromatic N) is 1. The Labute approximate surface area is 102 Å². The number of benzene rings is 1. The zero-order chi connectivity index (χ0) is 12.4. The van der Waals surface area contributed by atoms with E-state index in [9.17, 15) is 9.18 Å². The number of amides is 1. The topological polar surface area (TPSA) is 42.0 Å². The highest BCUT2D eigenvalue weighted by Gasteiger charge is 2.12. The lowest BCUT2D eigenvalue weighted by Crippen LogP contribution is -2.11. The number of thiazole rings is 1. The van der Waals surface area contributed by atoms with Gasteiger partial charge in [-0.2, -0.15) is 0 Å². The lowest BCUT2D eigenvalue weighted by Gasteiger charge is -2.05. The molecule has 0 aliphatic carbocycles. The maximum absolute atomic E-state index is 13.3. The molecule has 0 fully saturated rings. The number of aryl methyl sites for hydroxylation is 2. The van der Waals surface area contributed by atoms with Crippen LogP contribution < -0.4 is 5.32 Å². The van der Waals surface area contributed by atoms with Crippen LogP contribution in [-0.4, -0.2) is 10.9 Å². The van der Waals surface area contributed by atoms with Gasteiger partial charge in [0.1, 0.15) is 10.7 Å². The van der Waals surface area contributed by atoms with Gasteiger partial charge in [0.05, 0.1) is 11.2 Å². The Morgan fingerprint density at radius 2 is 2.18 bits per heavy atom. The quantitative estimate of drug-likeness (QED) is 0.889. The normalized spacial score (nSPS) is 10.3. The zero-order valence-corrected chi connectivity index (χ0v) is 10.3. The van der Waals surface area contributed by atoms with Crippen LogP contribution in [-0.2, 0) is 0 Å². The largest absolute Gasteiger partial charge is 0.321 e. The van der Waals surface area contributed by atoms with Crippen molar-refractivity contribution in [2.24, 2.45) is 0 Å². The molecule has 17 heavy (non-hydrogen) atoms. The molecular weight excluding hydrogens is 239 g/mol. The standard InChI is InChI=1S/C12H11FN2OS/c1-7-3-4-9(5-10(7)13)15-12(16)11-8(2)14-6-17-11/h3-6H,1-2H3,(H,15,16). The predicted octanol–water partition coefficient (Wildman–Crippen LogP) is 3.15. The van der Waals surface area contributed by atoms with Crippen molar-refractivity contribution in [3.63, 3.8) is 0 Å². The summed E-state index contributed by atoms with van der Waals surface area (Å²) in [6.07, 6.45) is 0. The zero-order valence-electron chi connectivity index (χ0n) is 9.45. The number of hydrogen-bond donors (Lipinski definition) is 1. The number of anilines is 1.